The van der Waals surface area contributed by atoms with Crippen molar-refractivity contribution in [3.05, 3.63) is 35.1 Å². The Labute approximate surface area is 117 Å². The van der Waals surface area contributed by atoms with Crippen molar-refractivity contribution in [2.75, 3.05) is 5.32 Å². The number of nitrogens with one attached hydrogen (secondary N) is 2. The Kier molecular flexibility index (Phi) is 4.38. The van der Waals surface area contributed by atoms with Crippen LogP contribution in [-0.2, 0) is 4.79 Å². The van der Waals surface area contributed by atoms with Gasteiger partial charge in [-0.05, 0) is 31.2 Å². The van der Waals surface area contributed by atoms with Gasteiger partial charge in [0.05, 0.1) is 5.25 Å². The van der Waals surface area contributed by atoms with Gasteiger partial charge in [0.15, 0.2) is 5.16 Å². The SMILES string of the molecule is CC(Sc1ncn[nH]1)C(=O)Nc1ccc(Br)cc1. The third-order valence-corrected chi connectivity index (χ3v) is 3.68. The van der Waals surface area contributed by atoms with Crippen LogP contribution in [-0.4, -0.2) is 26.3 Å². The molecular formula is C11H11BrN4OS. The first-order valence-electron chi connectivity index (χ1n) is 5.23. The molecule has 7 heteroatoms. The Hall–Kier alpha value is -1.34. The number of H-pyrrole nitrogens is 1. The largest absolute Gasteiger partial charge is 0.325 e. The Morgan fingerprint density at radius 3 is 2.78 bits per heavy atom. The van der Waals surface area contributed by atoms with Gasteiger partial charge in [-0.25, -0.2) is 4.98 Å². The van der Waals surface area contributed by atoms with Crippen LogP contribution in [0.1, 0.15) is 6.92 Å². The summed E-state index contributed by atoms with van der Waals surface area (Å²) in [5, 5.41) is 9.67. The first-order chi connectivity index (χ1) is 8.65. The molecule has 18 heavy (non-hydrogen) atoms. The topological polar surface area (TPSA) is 70.7 Å². The Morgan fingerprint density at radius 2 is 2.17 bits per heavy atom. The normalized spacial score (nSPS) is 12.1. The standard InChI is InChI=1S/C11H11BrN4OS/c1-7(18-11-13-6-14-16-11)10(17)15-9-4-2-8(12)3-5-9/h2-7H,1H3,(H,15,17)(H,13,14,16). The zero-order chi connectivity index (χ0) is 13.0. The number of rotatable bonds is 4. The number of aromatic nitrogens is 3. The summed E-state index contributed by atoms with van der Waals surface area (Å²) in [5.41, 5.74) is 0.771. The van der Waals surface area contributed by atoms with Crippen molar-refractivity contribution < 1.29 is 4.79 Å². The Bertz CT molecular complexity index is 514. The third kappa shape index (κ3) is 3.58. The van der Waals surface area contributed by atoms with Gasteiger partial charge in [0.1, 0.15) is 6.33 Å². The molecule has 2 rings (SSSR count). The minimum atomic E-state index is -0.249. The van der Waals surface area contributed by atoms with Gasteiger partial charge in [-0.3, -0.25) is 9.89 Å². The number of thioether (sulfide) groups is 1. The number of anilines is 1. The van der Waals surface area contributed by atoms with Gasteiger partial charge in [-0.1, -0.05) is 27.7 Å². The number of hydrogen-bond donors (Lipinski definition) is 2. The first kappa shape index (κ1) is 13.1. The summed E-state index contributed by atoms with van der Waals surface area (Å²) in [6.07, 6.45) is 1.42. The molecule has 1 amide bonds. The van der Waals surface area contributed by atoms with Crippen molar-refractivity contribution in [2.45, 2.75) is 17.3 Å². The van der Waals surface area contributed by atoms with E-state index in [1.807, 2.05) is 31.2 Å². The van der Waals surface area contributed by atoms with Crippen LogP contribution >= 0.6 is 27.7 Å². The number of hydrogen-bond acceptors (Lipinski definition) is 4. The van der Waals surface area contributed by atoms with Crippen LogP contribution in [0, 0.1) is 0 Å². The minimum absolute atomic E-state index is 0.0706. The lowest BCUT2D eigenvalue weighted by atomic mass is 10.3. The highest BCUT2D eigenvalue weighted by Gasteiger charge is 2.15. The smallest absolute Gasteiger partial charge is 0.237 e. The molecule has 0 aliphatic carbocycles. The van der Waals surface area contributed by atoms with Crippen LogP contribution in [0.3, 0.4) is 0 Å². The fourth-order valence-corrected chi connectivity index (χ4v) is 2.23. The molecule has 2 aromatic rings. The fraction of sp³-hybridized carbons (Fsp3) is 0.182. The highest BCUT2D eigenvalue weighted by molar-refractivity contribution is 9.10. The molecule has 1 unspecified atom stereocenters. The number of halogens is 1. The maximum atomic E-state index is 11.9. The van der Waals surface area contributed by atoms with E-state index in [-0.39, 0.29) is 11.2 Å². The summed E-state index contributed by atoms with van der Waals surface area (Å²) in [5.74, 6) is -0.0706. The number of nitrogens with zero attached hydrogens (tertiary/aromatic N) is 2. The van der Waals surface area contributed by atoms with Gasteiger partial charge >= 0.3 is 0 Å². The second kappa shape index (κ2) is 6.01. The van der Waals surface area contributed by atoms with Crippen LogP contribution < -0.4 is 5.32 Å². The molecule has 1 atom stereocenters. The highest BCUT2D eigenvalue weighted by Crippen LogP contribution is 2.20. The van der Waals surface area contributed by atoms with E-state index in [0.29, 0.717) is 5.16 Å². The molecular weight excluding hydrogens is 316 g/mol. The van der Waals surface area contributed by atoms with Gasteiger partial charge in [-0.15, -0.1) is 0 Å². The van der Waals surface area contributed by atoms with E-state index in [0.717, 1.165) is 10.2 Å². The molecule has 94 valence electrons. The summed E-state index contributed by atoms with van der Waals surface area (Å²) in [6, 6.07) is 7.44. The summed E-state index contributed by atoms with van der Waals surface area (Å²) in [6.45, 7) is 1.82. The molecule has 0 fully saturated rings. The molecule has 0 bridgehead atoms. The molecule has 1 aromatic heterocycles. The second-order valence-corrected chi connectivity index (χ2v) is 5.79. The second-order valence-electron chi connectivity index (χ2n) is 3.55. The summed E-state index contributed by atoms with van der Waals surface area (Å²) < 4.78 is 0.976. The monoisotopic (exact) mass is 326 g/mol. The number of carbonyl (C=O) groups excluding carboxylic acids is 1. The zero-order valence-corrected chi connectivity index (χ0v) is 12.0. The average Bonchev–Trinajstić information content (AvgIpc) is 2.85. The zero-order valence-electron chi connectivity index (χ0n) is 9.55. The lowest BCUT2D eigenvalue weighted by Crippen LogP contribution is -2.22. The van der Waals surface area contributed by atoms with Crippen molar-refractivity contribution in [3.8, 4) is 0 Å². The van der Waals surface area contributed by atoms with Gasteiger partial charge < -0.3 is 5.32 Å². The van der Waals surface area contributed by atoms with E-state index in [1.165, 1.54) is 18.1 Å². The van der Waals surface area contributed by atoms with Gasteiger partial charge in [0, 0.05) is 10.2 Å². The van der Waals surface area contributed by atoms with Crippen molar-refractivity contribution in [3.63, 3.8) is 0 Å². The summed E-state index contributed by atoms with van der Waals surface area (Å²) >= 11 is 4.67. The molecule has 1 heterocycles. The van der Waals surface area contributed by atoms with Crippen LogP contribution in [0.4, 0.5) is 5.69 Å². The van der Waals surface area contributed by atoms with Crippen LogP contribution in [0.15, 0.2) is 40.2 Å². The highest BCUT2D eigenvalue weighted by atomic mass is 79.9. The molecule has 1 aromatic carbocycles. The number of aromatic amines is 1. The van der Waals surface area contributed by atoms with Gasteiger partial charge in [0.2, 0.25) is 5.91 Å². The Balaban J connectivity index is 1.93. The summed E-state index contributed by atoms with van der Waals surface area (Å²) in [4.78, 5) is 15.9. The number of benzene rings is 1. The number of carbonyl (C=O) groups is 1. The molecule has 0 saturated carbocycles. The van der Waals surface area contributed by atoms with Crippen LogP contribution in [0.25, 0.3) is 0 Å². The van der Waals surface area contributed by atoms with Crippen molar-refractivity contribution >= 4 is 39.3 Å². The lowest BCUT2D eigenvalue weighted by molar-refractivity contribution is -0.115. The van der Waals surface area contributed by atoms with Crippen LogP contribution in [0.2, 0.25) is 0 Å². The molecule has 2 N–H and O–H groups in total. The maximum absolute atomic E-state index is 11.9. The van der Waals surface area contributed by atoms with Crippen molar-refractivity contribution in [1.29, 1.82) is 0 Å². The predicted molar refractivity (Wildman–Crippen MR) is 74.5 cm³/mol. The van der Waals surface area contributed by atoms with Gasteiger partial charge in [-0.2, -0.15) is 5.10 Å². The minimum Gasteiger partial charge on any atom is -0.325 e. The molecule has 0 saturated heterocycles. The van der Waals surface area contributed by atoms with E-state index < -0.39 is 0 Å². The first-order valence-corrected chi connectivity index (χ1v) is 6.91. The summed E-state index contributed by atoms with van der Waals surface area (Å²) in [7, 11) is 0. The number of amides is 1. The molecule has 0 aliphatic rings. The van der Waals surface area contributed by atoms with E-state index >= 15 is 0 Å². The maximum Gasteiger partial charge on any atom is 0.237 e. The van der Waals surface area contributed by atoms with E-state index in [4.69, 9.17) is 0 Å². The van der Waals surface area contributed by atoms with Crippen LogP contribution in [0.5, 0.6) is 0 Å². The van der Waals surface area contributed by atoms with E-state index in [1.54, 1.807) is 0 Å². The van der Waals surface area contributed by atoms with Crippen molar-refractivity contribution in [2.24, 2.45) is 0 Å². The molecule has 5 nitrogen and oxygen atoms in total. The fourth-order valence-electron chi connectivity index (χ4n) is 1.25. The average molecular weight is 327 g/mol. The van der Waals surface area contributed by atoms with Crippen molar-refractivity contribution in [1.82, 2.24) is 15.2 Å². The third-order valence-electron chi connectivity index (χ3n) is 2.16. The van der Waals surface area contributed by atoms with E-state index in [9.17, 15) is 4.79 Å². The molecule has 0 radical (unpaired) electrons. The Morgan fingerprint density at radius 1 is 1.44 bits per heavy atom. The lowest BCUT2D eigenvalue weighted by Gasteiger charge is -2.10. The predicted octanol–water partition coefficient (Wildman–Crippen LogP) is 2.69. The van der Waals surface area contributed by atoms with Gasteiger partial charge in [0.25, 0.3) is 0 Å². The quantitative estimate of drug-likeness (QED) is 0.847. The van der Waals surface area contributed by atoms with E-state index in [2.05, 4.69) is 36.4 Å². The molecule has 0 aliphatic heterocycles. The molecule has 0 spiro atoms.